The SMILES string of the molecule is COc1cc(OC)c([C@H]2CC(=O)Nc3c2cnn3Cc2cccs2)cc1OC. The van der Waals surface area contributed by atoms with Gasteiger partial charge in [0.25, 0.3) is 0 Å². The molecular weight excluding hydrogens is 378 g/mol. The fourth-order valence-electron chi connectivity index (χ4n) is 3.54. The summed E-state index contributed by atoms with van der Waals surface area (Å²) < 4.78 is 18.3. The van der Waals surface area contributed by atoms with Crippen LogP contribution in [0.5, 0.6) is 17.2 Å². The van der Waals surface area contributed by atoms with E-state index in [0.717, 1.165) is 16.9 Å². The summed E-state index contributed by atoms with van der Waals surface area (Å²) in [6.45, 7) is 0.614. The number of benzene rings is 1. The van der Waals surface area contributed by atoms with E-state index in [2.05, 4.69) is 16.5 Å². The van der Waals surface area contributed by atoms with Crippen molar-refractivity contribution >= 4 is 23.1 Å². The topological polar surface area (TPSA) is 74.6 Å². The van der Waals surface area contributed by atoms with Crippen LogP contribution in [0.4, 0.5) is 5.82 Å². The number of amides is 1. The zero-order chi connectivity index (χ0) is 19.7. The van der Waals surface area contributed by atoms with Crippen molar-refractivity contribution in [2.45, 2.75) is 18.9 Å². The number of carbonyl (C=O) groups is 1. The van der Waals surface area contributed by atoms with Crippen LogP contribution in [0.3, 0.4) is 0 Å². The van der Waals surface area contributed by atoms with Gasteiger partial charge < -0.3 is 19.5 Å². The number of hydrogen-bond acceptors (Lipinski definition) is 6. The molecule has 1 aromatic carbocycles. The van der Waals surface area contributed by atoms with Crippen LogP contribution in [-0.2, 0) is 11.3 Å². The quantitative estimate of drug-likeness (QED) is 0.687. The van der Waals surface area contributed by atoms with E-state index in [4.69, 9.17) is 14.2 Å². The number of rotatable bonds is 6. The minimum atomic E-state index is -0.185. The molecule has 1 atom stereocenters. The van der Waals surface area contributed by atoms with E-state index >= 15 is 0 Å². The summed E-state index contributed by atoms with van der Waals surface area (Å²) in [5.74, 6) is 2.31. The second-order valence-electron chi connectivity index (χ2n) is 6.44. The Morgan fingerprint density at radius 2 is 1.89 bits per heavy atom. The van der Waals surface area contributed by atoms with Crippen molar-refractivity contribution in [2.24, 2.45) is 0 Å². The largest absolute Gasteiger partial charge is 0.496 e. The van der Waals surface area contributed by atoms with Crippen LogP contribution in [-0.4, -0.2) is 37.0 Å². The van der Waals surface area contributed by atoms with E-state index in [9.17, 15) is 4.79 Å². The summed E-state index contributed by atoms with van der Waals surface area (Å²) in [6, 6.07) is 7.72. The van der Waals surface area contributed by atoms with E-state index in [1.165, 1.54) is 4.88 Å². The first-order chi connectivity index (χ1) is 13.6. The number of thiophene rings is 1. The smallest absolute Gasteiger partial charge is 0.226 e. The molecule has 8 heteroatoms. The molecule has 0 aliphatic carbocycles. The molecule has 0 radical (unpaired) electrons. The molecule has 3 aromatic rings. The average molecular weight is 399 g/mol. The summed E-state index contributed by atoms with van der Waals surface area (Å²) in [5.41, 5.74) is 1.83. The van der Waals surface area contributed by atoms with Crippen LogP contribution in [0.1, 0.15) is 28.3 Å². The summed E-state index contributed by atoms with van der Waals surface area (Å²) in [4.78, 5) is 13.7. The number of fused-ring (bicyclic) bond motifs is 1. The third-order valence-electron chi connectivity index (χ3n) is 4.89. The lowest BCUT2D eigenvalue weighted by Crippen LogP contribution is -2.25. The van der Waals surface area contributed by atoms with Gasteiger partial charge in [0, 0.05) is 34.4 Å². The molecular formula is C20H21N3O4S. The van der Waals surface area contributed by atoms with Crippen molar-refractivity contribution in [3.63, 3.8) is 0 Å². The molecule has 0 saturated carbocycles. The van der Waals surface area contributed by atoms with Gasteiger partial charge in [0.05, 0.1) is 34.1 Å². The molecule has 0 unspecified atom stereocenters. The highest BCUT2D eigenvalue weighted by Crippen LogP contribution is 2.45. The fraction of sp³-hybridized carbons (Fsp3) is 0.300. The van der Waals surface area contributed by atoms with Crippen LogP contribution >= 0.6 is 11.3 Å². The second-order valence-corrected chi connectivity index (χ2v) is 7.47. The molecule has 2 aromatic heterocycles. The summed E-state index contributed by atoms with van der Waals surface area (Å²) >= 11 is 1.66. The Balaban J connectivity index is 1.78. The predicted octanol–water partition coefficient (Wildman–Crippen LogP) is 3.49. The monoisotopic (exact) mass is 399 g/mol. The van der Waals surface area contributed by atoms with Crippen molar-refractivity contribution in [3.8, 4) is 17.2 Å². The maximum absolute atomic E-state index is 12.5. The number of methoxy groups -OCH3 is 3. The van der Waals surface area contributed by atoms with Gasteiger partial charge in [0.1, 0.15) is 11.6 Å². The number of aromatic nitrogens is 2. The molecule has 1 aliphatic heterocycles. The first-order valence-corrected chi connectivity index (χ1v) is 9.70. The molecule has 1 N–H and O–H groups in total. The van der Waals surface area contributed by atoms with Crippen molar-refractivity contribution in [3.05, 3.63) is 51.8 Å². The molecule has 0 fully saturated rings. The Morgan fingerprint density at radius 3 is 2.57 bits per heavy atom. The van der Waals surface area contributed by atoms with Gasteiger partial charge in [-0.3, -0.25) is 4.79 Å². The van der Waals surface area contributed by atoms with Gasteiger partial charge in [-0.05, 0) is 17.5 Å². The standard InChI is InChI=1S/C20H21N3O4S/c1-25-16-9-18(27-3)17(26-2)7-14(16)13-8-19(24)22-20-15(13)10-21-23(20)11-12-5-4-6-28-12/h4-7,9-10,13H,8,11H2,1-3H3,(H,22,24)/t13-/m1/s1. The van der Waals surface area contributed by atoms with Crippen LogP contribution in [0.15, 0.2) is 35.8 Å². The molecule has 146 valence electrons. The van der Waals surface area contributed by atoms with Gasteiger partial charge in [-0.15, -0.1) is 11.3 Å². The molecule has 0 bridgehead atoms. The number of ether oxygens (including phenoxy) is 3. The molecule has 4 rings (SSSR count). The third-order valence-corrected chi connectivity index (χ3v) is 5.75. The van der Waals surface area contributed by atoms with Gasteiger partial charge in [-0.25, -0.2) is 4.68 Å². The Bertz CT molecular complexity index is 997. The zero-order valence-electron chi connectivity index (χ0n) is 15.9. The zero-order valence-corrected chi connectivity index (χ0v) is 16.7. The van der Waals surface area contributed by atoms with Crippen LogP contribution in [0, 0.1) is 0 Å². The average Bonchev–Trinajstić information content (AvgIpc) is 3.37. The Kier molecular flexibility index (Phi) is 4.95. The van der Waals surface area contributed by atoms with Crippen molar-refractivity contribution in [2.75, 3.05) is 26.6 Å². The van der Waals surface area contributed by atoms with Gasteiger partial charge in [0.2, 0.25) is 5.91 Å². The molecule has 1 aliphatic rings. The van der Waals surface area contributed by atoms with Crippen molar-refractivity contribution in [1.29, 1.82) is 0 Å². The highest BCUT2D eigenvalue weighted by atomic mass is 32.1. The summed E-state index contributed by atoms with van der Waals surface area (Å²) in [7, 11) is 4.78. The summed E-state index contributed by atoms with van der Waals surface area (Å²) in [5, 5.41) is 9.53. The third kappa shape index (κ3) is 3.20. The second kappa shape index (κ2) is 7.55. The minimum Gasteiger partial charge on any atom is -0.496 e. The van der Waals surface area contributed by atoms with E-state index in [0.29, 0.717) is 30.2 Å². The number of nitrogens with zero attached hydrogens (tertiary/aromatic N) is 2. The number of carbonyl (C=O) groups excluding carboxylic acids is 1. The molecule has 1 amide bonds. The number of anilines is 1. The lowest BCUT2D eigenvalue weighted by atomic mass is 9.86. The van der Waals surface area contributed by atoms with Crippen LogP contribution in [0.2, 0.25) is 0 Å². The van der Waals surface area contributed by atoms with Gasteiger partial charge in [0.15, 0.2) is 11.5 Å². The van der Waals surface area contributed by atoms with E-state index in [1.54, 1.807) is 38.7 Å². The Morgan fingerprint density at radius 1 is 1.14 bits per heavy atom. The van der Waals surface area contributed by atoms with Gasteiger partial charge in [-0.1, -0.05) is 6.07 Å². The van der Waals surface area contributed by atoms with Crippen LogP contribution in [0.25, 0.3) is 0 Å². The van der Waals surface area contributed by atoms with Gasteiger partial charge in [-0.2, -0.15) is 5.10 Å². The van der Waals surface area contributed by atoms with Crippen LogP contribution < -0.4 is 19.5 Å². The van der Waals surface area contributed by atoms with E-state index < -0.39 is 0 Å². The lowest BCUT2D eigenvalue weighted by molar-refractivity contribution is -0.116. The molecule has 7 nitrogen and oxygen atoms in total. The number of nitrogens with one attached hydrogen (secondary N) is 1. The van der Waals surface area contributed by atoms with Gasteiger partial charge >= 0.3 is 0 Å². The van der Waals surface area contributed by atoms with Crippen molar-refractivity contribution < 1.29 is 19.0 Å². The highest BCUT2D eigenvalue weighted by molar-refractivity contribution is 7.09. The lowest BCUT2D eigenvalue weighted by Gasteiger charge is -2.26. The molecule has 28 heavy (non-hydrogen) atoms. The maximum atomic E-state index is 12.5. The minimum absolute atomic E-state index is 0.0535. The first kappa shape index (κ1) is 18.4. The maximum Gasteiger partial charge on any atom is 0.226 e. The van der Waals surface area contributed by atoms with E-state index in [-0.39, 0.29) is 11.8 Å². The Hall–Kier alpha value is -3.00. The summed E-state index contributed by atoms with van der Waals surface area (Å²) in [6.07, 6.45) is 2.13. The molecule has 0 saturated heterocycles. The predicted molar refractivity (Wildman–Crippen MR) is 107 cm³/mol. The molecule has 3 heterocycles. The molecule has 0 spiro atoms. The Labute approximate surface area is 166 Å². The number of hydrogen-bond donors (Lipinski definition) is 1. The highest BCUT2D eigenvalue weighted by Gasteiger charge is 2.32. The van der Waals surface area contributed by atoms with E-state index in [1.807, 2.05) is 28.4 Å². The first-order valence-electron chi connectivity index (χ1n) is 8.82. The fourth-order valence-corrected chi connectivity index (χ4v) is 4.23. The van der Waals surface area contributed by atoms with Crippen molar-refractivity contribution in [1.82, 2.24) is 9.78 Å². The normalized spacial score (nSPS) is 15.7.